The quantitative estimate of drug-likeness (QED) is 0.889. The standard InChI is InChI=1S/C11H13Cl2NO3/c1-6(17-11(14)16)7(5-15)10-8(12)3-2-4-9(10)13/h2-4,6-7,15H,5H2,1H3,(H2,14,16)/t6-,7?/m1/s1. The molecule has 0 aliphatic heterocycles. The van der Waals surface area contributed by atoms with Crippen molar-refractivity contribution >= 4 is 29.3 Å². The minimum Gasteiger partial charge on any atom is -0.446 e. The predicted octanol–water partition coefficient (Wildman–Crippen LogP) is 2.55. The molecule has 94 valence electrons. The molecule has 0 aromatic heterocycles. The highest BCUT2D eigenvalue weighted by Crippen LogP contribution is 2.34. The molecular formula is C11H13Cl2NO3. The molecule has 4 nitrogen and oxygen atoms in total. The summed E-state index contributed by atoms with van der Waals surface area (Å²) in [7, 11) is 0. The minimum atomic E-state index is -0.904. The van der Waals surface area contributed by atoms with Gasteiger partial charge in [0.15, 0.2) is 0 Å². The molecule has 1 aromatic rings. The maximum Gasteiger partial charge on any atom is 0.404 e. The van der Waals surface area contributed by atoms with Gasteiger partial charge in [-0.1, -0.05) is 29.3 Å². The van der Waals surface area contributed by atoms with Gasteiger partial charge in [0.05, 0.1) is 6.61 Å². The van der Waals surface area contributed by atoms with Gasteiger partial charge in [0, 0.05) is 16.0 Å². The van der Waals surface area contributed by atoms with Gasteiger partial charge < -0.3 is 15.6 Å². The molecule has 3 N–H and O–H groups in total. The van der Waals surface area contributed by atoms with E-state index in [1.54, 1.807) is 25.1 Å². The van der Waals surface area contributed by atoms with Crippen molar-refractivity contribution in [1.82, 2.24) is 0 Å². The molecule has 0 spiro atoms. The molecule has 0 fully saturated rings. The first kappa shape index (κ1) is 14.1. The van der Waals surface area contributed by atoms with Crippen LogP contribution in [0.1, 0.15) is 18.4 Å². The number of carbonyl (C=O) groups is 1. The number of ether oxygens (including phenoxy) is 1. The van der Waals surface area contributed by atoms with Gasteiger partial charge in [-0.05, 0) is 24.6 Å². The summed E-state index contributed by atoms with van der Waals surface area (Å²) in [5.41, 5.74) is 5.48. The Morgan fingerprint density at radius 3 is 2.41 bits per heavy atom. The average Bonchev–Trinajstić information content (AvgIpc) is 2.22. The smallest absolute Gasteiger partial charge is 0.404 e. The number of amides is 1. The van der Waals surface area contributed by atoms with E-state index < -0.39 is 18.1 Å². The van der Waals surface area contributed by atoms with E-state index >= 15 is 0 Å². The van der Waals surface area contributed by atoms with Crippen molar-refractivity contribution in [2.24, 2.45) is 5.73 Å². The predicted molar refractivity (Wildman–Crippen MR) is 66.4 cm³/mol. The van der Waals surface area contributed by atoms with Crippen molar-refractivity contribution in [2.45, 2.75) is 18.9 Å². The van der Waals surface area contributed by atoms with Crippen molar-refractivity contribution in [3.63, 3.8) is 0 Å². The number of benzene rings is 1. The zero-order valence-corrected chi connectivity index (χ0v) is 10.7. The highest BCUT2D eigenvalue weighted by Gasteiger charge is 2.25. The maximum atomic E-state index is 10.7. The SMILES string of the molecule is C[C@@H](OC(N)=O)C(CO)c1c(Cl)cccc1Cl. The Labute approximate surface area is 109 Å². The monoisotopic (exact) mass is 277 g/mol. The van der Waals surface area contributed by atoms with Crippen LogP contribution >= 0.6 is 23.2 Å². The summed E-state index contributed by atoms with van der Waals surface area (Å²) < 4.78 is 4.83. The van der Waals surface area contributed by atoms with E-state index in [0.29, 0.717) is 15.6 Å². The molecule has 0 bridgehead atoms. The van der Waals surface area contributed by atoms with Crippen molar-refractivity contribution in [1.29, 1.82) is 0 Å². The van der Waals surface area contributed by atoms with Crippen LogP contribution in [0.5, 0.6) is 0 Å². The summed E-state index contributed by atoms with van der Waals surface area (Å²) in [5, 5.41) is 10.2. The van der Waals surface area contributed by atoms with E-state index in [-0.39, 0.29) is 6.61 Å². The normalized spacial score (nSPS) is 14.1. The van der Waals surface area contributed by atoms with Crippen molar-refractivity contribution in [2.75, 3.05) is 6.61 Å². The summed E-state index contributed by atoms with van der Waals surface area (Å²) in [6, 6.07) is 5.01. The molecule has 0 aliphatic rings. The second-order valence-corrected chi connectivity index (χ2v) is 4.38. The molecule has 1 aromatic carbocycles. The third kappa shape index (κ3) is 3.49. The number of carbonyl (C=O) groups excluding carboxylic acids is 1. The van der Waals surface area contributed by atoms with Crippen LogP contribution in [0.2, 0.25) is 10.0 Å². The zero-order valence-electron chi connectivity index (χ0n) is 9.19. The van der Waals surface area contributed by atoms with Crippen LogP contribution in [0.4, 0.5) is 4.79 Å². The van der Waals surface area contributed by atoms with E-state index in [2.05, 4.69) is 0 Å². The lowest BCUT2D eigenvalue weighted by atomic mass is 9.95. The molecule has 0 saturated carbocycles. The van der Waals surface area contributed by atoms with Crippen LogP contribution in [0.15, 0.2) is 18.2 Å². The van der Waals surface area contributed by atoms with Gasteiger partial charge >= 0.3 is 6.09 Å². The number of halogens is 2. The fraction of sp³-hybridized carbons (Fsp3) is 0.364. The van der Waals surface area contributed by atoms with Crippen LogP contribution in [0, 0.1) is 0 Å². The first-order chi connectivity index (χ1) is 7.97. The van der Waals surface area contributed by atoms with Crippen molar-refractivity contribution in [3.05, 3.63) is 33.8 Å². The van der Waals surface area contributed by atoms with Gasteiger partial charge in [-0.25, -0.2) is 4.79 Å². The Bertz CT molecular complexity index is 391. The highest BCUT2D eigenvalue weighted by molar-refractivity contribution is 6.36. The first-order valence-electron chi connectivity index (χ1n) is 4.98. The van der Waals surface area contributed by atoms with Gasteiger partial charge in [-0.15, -0.1) is 0 Å². The van der Waals surface area contributed by atoms with Crippen LogP contribution in [-0.4, -0.2) is 23.9 Å². The van der Waals surface area contributed by atoms with Crippen LogP contribution < -0.4 is 5.73 Å². The molecule has 2 atom stereocenters. The summed E-state index contributed by atoms with van der Waals surface area (Å²) in [5.74, 6) is -0.510. The molecule has 1 rings (SSSR count). The third-order valence-electron chi connectivity index (χ3n) is 2.44. The second kappa shape index (κ2) is 6.10. The number of hydrogen-bond acceptors (Lipinski definition) is 3. The summed E-state index contributed by atoms with van der Waals surface area (Å²) >= 11 is 12.0. The fourth-order valence-corrected chi connectivity index (χ4v) is 2.28. The highest BCUT2D eigenvalue weighted by atomic mass is 35.5. The molecule has 1 unspecified atom stereocenters. The molecule has 1 amide bonds. The van der Waals surface area contributed by atoms with E-state index in [9.17, 15) is 9.90 Å². The van der Waals surface area contributed by atoms with E-state index in [1.807, 2.05) is 0 Å². The van der Waals surface area contributed by atoms with Crippen molar-refractivity contribution in [3.8, 4) is 0 Å². The summed E-state index contributed by atoms with van der Waals surface area (Å²) in [4.78, 5) is 10.7. The largest absolute Gasteiger partial charge is 0.446 e. The summed E-state index contributed by atoms with van der Waals surface area (Å²) in [6.45, 7) is 1.36. The van der Waals surface area contributed by atoms with Gasteiger partial charge in [0.1, 0.15) is 6.10 Å². The Balaban J connectivity index is 3.05. The average molecular weight is 278 g/mol. The van der Waals surface area contributed by atoms with E-state index in [0.717, 1.165) is 0 Å². The number of hydrogen-bond donors (Lipinski definition) is 2. The molecule has 0 heterocycles. The van der Waals surface area contributed by atoms with E-state index in [4.69, 9.17) is 33.7 Å². The second-order valence-electron chi connectivity index (χ2n) is 3.57. The molecular weight excluding hydrogens is 265 g/mol. The zero-order chi connectivity index (χ0) is 13.0. The molecule has 0 aliphatic carbocycles. The Kier molecular flexibility index (Phi) is 5.05. The number of nitrogens with two attached hydrogens (primary N) is 1. The van der Waals surface area contributed by atoms with Crippen LogP contribution in [0.25, 0.3) is 0 Å². The molecule has 17 heavy (non-hydrogen) atoms. The lowest BCUT2D eigenvalue weighted by molar-refractivity contribution is 0.0820. The molecule has 0 saturated heterocycles. The molecule has 0 radical (unpaired) electrons. The number of aliphatic hydroxyl groups excluding tert-OH is 1. The van der Waals surface area contributed by atoms with Gasteiger partial charge in [-0.2, -0.15) is 0 Å². The number of rotatable bonds is 4. The van der Waals surface area contributed by atoms with Gasteiger partial charge in [-0.3, -0.25) is 0 Å². The minimum absolute atomic E-state index is 0.252. The Hall–Kier alpha value is -0.970. The van der Waals surface area contributed by atoms with Crippen LogP contribution in [-0.2, 0) is 4.74 Å². The molecule has 6 heteroatoms. The van der Waals surface area contributed by atoms with Gasteiger partial charge in [0.2, 0.25) is 0 Å². The van der Waals surface area contributed by atoms with Gasteiger partial charge in [0.25, 0.3) is 0 Å². The third-order valence-corrected chi connectivity index (χ3v) is 3.10. The first-order valence-corrected chi connectivity index (χ1v) is 5.73. The van der Waals surface area contributed by atoms with E-state index in [1.165, 1.54) is 0 Å². The fourth-order valence-electron chi connectivity index (χ4n) is 1.60. The van der Waals surface area contributed by atoms with Crippen molar-refractivity contribution < 1.29 is 14.6 Å². The lowest BCUT2D eigenvalue weighted by Gasteiger charge is -2.23. The number of aliphatic hydroxyl groups is 1. The maximum absolute atomic E-state index is 10.7. The summed E-state index contributed by atoms with van der Waals surface area (Å²) in [6.07, 6.45) is -1.52. The lowest BCUT2D eigenvalue weighted by Crippen LogP contribution is -2.28. The van der Waals surface area contributed by atoms with Crippen LogP contribution in [0.3, 0.4) is 0 Å². The Morgan fingerprint density at radius 1 is 1.47 bits per heavy atom. The Morgan fingerprint density at radius 2 is 2.00 bits per heavy atom. The number of primary amides is 1. The topological polar surface area (TPSA) is 72.5 Å².